The topological polar surface area (TPSA) is 28.2 Å². The summed E-state index contributed by atoms with van der Waals surface area (Å²) in [7, 11) is 0. The van der Waals surface area contributed by atoms with E-state index in [2.05, 4.69) is 54.2 Å². The van der Waals surface area contributed by atoms with E-state index < -0.39 is 0 Å². The lowest BCUT2D eigenvalue weighted by atomic mass is 9.97. The second-order valence-corrected chi connectivity index (χ2v) is 5.65. The Labute approximate surface area is 111 Å². The fourth-order valence-electron chi connectivity index (χ4n) is 2.55. The van der Waals surface area contributed by atoms with Gasteiger partial charge >= 0.3 is 0 Å². The van der Waals surface area contributed by atoms with Crippen molar-refractivity contribution >= 4 is 5.82 Å². The van der Waals surface area contributed by atoms with Crippen LogP contribution in [0.5, 0.6) is 0 Å². The summed E-state index contributed by atoms with van der Waals surface area (Å²) in [6, 6.07) is 6.88. The molecule has 0 saturated carbocycles. The quantitative estimate of drug-likeness (QED) is 0.886. The molecular weight excluding hydrogens is 222 g/mol. The first-order chi connectivity index (χ1) is 8.65. The van der Waals surface area contributed by atoms with Gasteiger partial charge in [-0.05, 0) is 44.4 Å². The number of pyridine rings is 1. The van der Waals surface area contributed by atoms with Crippen molar-refractivity contribution < 1.29 is 0 Å². The molecule has 1 aromatic rings. The van der Waals surface area contributed by atoms with Crippen LogP contribution in [-0.2, 0) is 0 Å². The largest absolute Gasteiger partial charge is 0.356 e. The van der Waals surface area contributed by atoms with Crippen LogP contribution in [0, 0.1) is 12.8 Å². The van der Waals surface area contributed by atoms with Gasteiger partial charge in [0, 0.05) is 24.8 Å². The van der Waals surface area contributed by atoms with E-state index in [1.54, 1.807) is 0 Å². The number of anilines is 1. The van der Waals surface area contributed by atoms with Crippen molar-refractivity contribution in [3.05, 3.63) is 23.9 Å². The number of hydrogen-bond donors (Lipinski definition) is 1. The first-order valence-corrected chi connectivity index (χ1v) is 7.07. The number of rotatable bonds is 4. The molecule has 0 radical (unpaired) electrons. The van der Waals surface area contributed by atoms with Crippen LogP contribution in [-0.4, -0.2) is 30.7 Å². The van der Waals surface area contributed by atoms with Gasteiger partial charge in [-0.1, -0.05) is 19.9 Å². The summed E-state index contributed by atoms with van der Waals surface area (Å²) in [4.78, 5) is 7.07. The van der Waals surface area contributed by atoms with Crippen molar-refractivity contribution in [2.24, 2.45) is 5.92 Å². The first kappa shape index (κ1) is 13.3. The highest BCUT2D eigenvalue weighted by Gasteiger charge is 2.20. The van der Waals surface area contributed by atoms with E-state index in [1.165, 1.54) is 12.8 Å². The van der Waals surface area contributed by atoms with Gasteiger partial charge in [-0.25, -0.2) is 4.98 Å². The Morgan fingerprint density at radius 1 is 1.44 bits per heavy atom. The molecule has 100 valence electrons. The van der Waals surface area contributed by atoms with Crippen LogP contribution in [0.3, 0.4) is 0 Å². The third-order valence-electron chi connectivity index (χ3n) is 3.53. The van der Waals surface area contributed by atoms with Gasteiger partial charge in [0.1, 0.15) is 5.82 Å². The molecule has 1 aliphatic rings. The first-order valence-electron chi connectivity index (χ1n) is 7.07. The molecule has 1 aliphatic heterocycles. The highest BCUT2D eigenvalue weighted by Crippen LogP contribution is 2.21. The normalized spacial score (nSPS) is 20.4. The van der Waals surface area contributed by atoms with E-state index in [9.17, 15) is 0 Å². The lowest BCUT2D eigenvalue weighted by Gasteiger charge is -2.34. The van der Waals surface area contributed by atoms with Crippen LogP contribution in [0.2, 0.25) is 0 Å². The summed E-state index contributed by atoms with van der Waals surface area (Å²) in [6.45, 7) is 9.89. The predicted molar refractivity (Wildman–Crippen MR) is 77.0 cm³/mol. The Hall–Kier alpha value is -1.09. The average molecular weight is 247 g/mol. The summed E-state index contributed by atoms with van der Waals surface area (Å²) < 4.78 is 0. The molecule has 0 aromatic carbocycles. The monoisotopic (exact) mass is 247 g/mol. The number of nitrogens with one attached hydrogen (secondary N) is 1. The number of hydrogen-bond acceptors (Lipinski definition) is 3. The van der Waals surface area contributed by atoms with Gasteiger partial charge in [0.2, 0.25) is 0 Å². The maximum Gasteiger partial charge on any atom is 0.128 e. The summed E-state index contributed by atoms with van der Waals surface area (Å²) in [5.74, 6) is 1.90. The SMILES string of the molecule is Cc1cccc(N2CCCC(CNC(C)C)C2)n1. The van der Waals surface area contributed by atoms with E-state index in [1.807, 2.05) is 0 Å². The standard InChI is InChI=1S/C15H25N3/c1-12(2)16-10-14-7-5-9-18(11-14)15-8-4-6-13(3)17-15/h4,6,8,12,14,16H,5,7,9-11H2,1-3H3. The van der Waals surface area contributed by atoms with E-state index in [4.69, 9.17) is 0 Å². The molecule has 1 aromatic heterocycles. The van der Waals surface area contributed by atoms with Crippen LogP contribution in [0.1, 0.15) is 32.4 Å². The van der Waals surface area contributed by atoms with Crippen LogP contribution >= 0.6 is 0 Å². The zero-order valence-corrected chi connectivity index (χ0v) is 11.8. The molecule has 1 N–H and O–H groups in total. The summed E-state index contributed by atoms with van der Waals surface area (Å²) >= 11 is 0. The highest BCUT2D eigenvalue weighted by atomic mass is 15.2. The second-order valence-electron chi connectivity index (χ2n) is 5.65. The van der Waals surface area contributed by atoms with Gasteiger partial charge in [0.25, 0.3) is 0 Å². The second kappa shape index (κ2) is 6.19. The Morgan fingerprint density at radius 2 is 2.28 bits per heavy atom. The molecule has 0 amide bonds. The summed E-state index contributed by atoms with van der Waals surface area (Å²) in [6.07, 6.45) is 2.61. The molecule has 0 aliphatic carbocycles. The minimum absolute atomic E-state index is 0.581. The Bertz CT molecular complexity index is 376. The van der Waals surface area contributed by atoms with Crippen LogP contribution in [0.25, 0.3) is 0 Å². The summed E-state index contributed by atoms with van der Waals surface area (Å²) in [5.41, 5.74) is 1.11. The van der Waals surface area contributed by atoms with Crippen molar-refractivity contribution in [2.45, 2.75) is 39.7 Å². The lowest BCUT2D eigenvalue weighted by molar-refractivity contribution is 0.378. The number of aromatic nitrogens is 1. The molecule has 3 nitrogen and oxygen atoms in total. The fourth-order valence-corrected chi connectivity index (χ4v) is 2.55. The maximum absolute atomic E-state index is 4.63. The molecule has 18 heavy (non-hydrogen) atoms. The molecule has 1 unspecified atom stereocenters. The third-order valence-corrected chi connectivity index (χ3v) is 3.53. The van der Waals surface area contributed by atoms with E-state index >= 15 is 0 Å². The highest BCUT2D eigenvalue weighted by molar-refractivity contribution is 5.39. The van der Waals surface area contributed by atoms with Crippen molar-refractivity contribution in [3.8, 4) is 0 Å². The molecule has 3 heteroatoms. The van der Waals surface area contributed by atoms with Crippen molar-refractivity contribution in [2.75, 3.05) is 24.5 Å². The Morgan fingerprint density at radius 3 is 3.00 bits per heavy atom. The maximum atomic E-state index is 4.63. The number of nitrogens with zero attached hydrogens (tertiary/aromatic N) is 2. The summed E-state index contributed by atoms with van der Waals surface area (Å²) in [5, 5.41) is 3.55. The van der Waals surface area contributed by atoms with Gasteiger partial charge in [-0.15, -0.1) is 0 Å². The Kier molecular flexibility index (Phi) is 4.59. The van der Waals surface area contributed by atoms with Crippen molar-refractivity contribution in [1.29, 1.82) is 0 Å². The smallest absolute Gasteiger partial charge is 0.128 e. The number of aryl methyl sites for hydroxylation is 1. The van der Waals surface area contributed by atoms with Gasteiger partial charge in [-0.3, -0.25) is 0 Å². The van der Waals surface area contributed by atoms with E-state index in [-0.39, 0.29) is 0 Å². The molecule has 0 spiro atoms. The van der Waals surface area contributed by atoms with Crippen LogP contribution in [0.15, 0.2) is 18.2 Å². The molecule has 1 atom stereocenters. The Balaban J connectivity index is 1.94. The molecule has 2 rings (SSSR count). The van der Waals surface area contributed by atoms with Crippen molar-refractivity contribution in [3.63, 3.8) is 0 Å². The molecular formula is C15H25N3. The fraction of sp³-hybridized carbons (Fsp3) is 0.667. The predicted octanol–water partition coefficient (Wildman–Crippen LogP) is 2.60. The molecule has 1 fully saturated rings. The van der Waals surface area contributed by atoms with Gasteiger partial charge in [-0.2, -0.15) is 0 Å². The van der Waals surface area contributed by atoms with Crippen LogP contribution < -0.4 is 10.2 Å². The average Bonchev–Trinajstić information content (AvgIpc) is 2.37. The lowest BCUT2D eigenvalue weighted by Crippen LogP contribution is -2.41. The van der Waals surface area contributed by atoms with Crippen molar-refractivity contribution in [1.82, 2.24) is 10.3 Å². The van der Waals surface area contributed by atoms with Gasteiger partial charge < -0.3 is 10.2 Å². The minimum atomic E-state index is 0.581. The molecule has 1 saturated heterocycles. The zero-order valence-electron chi connectivity index (χ0n) is 11.8. The minimum Gasteiger partial charge on any atom is -0.356 e. The third kappa shape index (κ3) is 3.70. The van der Waals surface area contributed by atoms with E-state index in [0.717, 1.165) is 37.1 Å². The zero-order chi connectivity index (χ0) is 13.0. The molecule has 2 heterocycles. The van der Waals surface area contributed by atoms with Gasteiger partial charge in [0.05, 0.1) is 0 Å². The molecule has 0 bridgehead atoms. The number of piperidine rings is 1. The van der Waals surface area contributed by atoms with E-state index in [0.29, 0.717) is 6.04 Å². The van der Waals surface area contributed by atoms with Crippen LogP contribution in [0.4, 0.5) is 5.82 Å². The van der Waals surface area contributed by atoms with Gasteiger partial charge in [0.15, 0.2) is 0 Å².